The summed E-state index contributed by atoms with van der Waals surface area (Å²) in [6, 6.07) is 11.6. The van der Waals surface area contributed by atoms with Crippen LogP contribution >= 0.6 is 24.0 Å². The van der Waals surface area contributed by atoms with E-state index >= 15 is 0 Å². The molecule has 0 radical (unpaired) electrons. The number of hydrogen-bond acceptors (Lipinski definition) is 3. The van der Waals surface area contributed by atoms with Crippen LogP contribution in [-0.2, 0) is 20.1 Å². The molecule has 1 aromatic carbocycles. The van der Waals surface area contributed by atoms with Gasteiger partial charge < -0.3 is 10.6 Å². The molecule has 1 aromatic heterocycles. The van der Waals surface area contributed by atoms with Crippen molar-refractivity contribution in [2.24, 2.45) is 12.0 Å². The molecule has 122 valence electrons. The zero-order valence-corrected chi connectivity index (χ0v) is 15.6. The number of aromatic nitrogens is 2. The van der Waals surface area contributed by atoms with Crippen molar-refractivity contribution in [3.63, 3.8) is 0 Å². The second-order valence-electron chi connectivity index (χ2n) is 4.81. The van der Waals surface area contributed by atoms with Crippen LogP contribution in [0.2, 0.25) is 0 Å². The van der Waals surface area contributed by atoms with Gasteiger partial charge in [0, 0.05) is 19.8 Å². The highest BCUT2D eigenvalue weighted by Crippen LogP contribution is 2.05. The average Bonchev–Trinajstić information content (AvgIpc) is 2.95. The average molecular weight is 424 g/mol. The first-order valence-electron chi connectivity index (χ1n) is 7.21. The highest BCUT2D eigenvalue weighted by Gasteiger charge is 2.01. The first-order chi connectivity index (χ1) is 10.7. The number of halogens is 1. The molecule has 0 saturated carbocycles. The van der Waals surface area contributed by atoms with Crippen LogP contribution in [0, 0.1) is 11.3 Å². The molecule has 0 spiro atoms. The first-order valence-corrected chi connectivity index (χ1v) is 7.21. The van der Waals surface area contributed by atoms with Gasteiger partial charge in [0.15, 0.2) is 5.96 Å². The SMILES string of the molecule is CCNC(=NCc1cccc(C#N)c1)NCc1ccnn1C.I. The van der Waals surface area contributed by atoms with Crippen molar-refractivity contribution in [2.45, 2.75) is 20.0 Å². The van der Waals surface area contributed by atoms with Gasteiger partial charge in [0.2, 0.25) is 0 Å². The van der Waals surface area contributed by atoms with Gasteiger partial charge in [0.1, 0.15) is 0 Å². The summed E-state index contributed by atoms with van der Waals surface area (Å²) in [7, 11) is 1.91. The summed E-state index contributed by atoms with van der Waals surface area (Å²) < 4.78 is 1.83. The van der Waals surface area contributed by atoms with Crippen molar-refractivity contribution in [1.29, 1.82) is 5.26 Å². The molecule has 0 aliphatic rings. The van der Waals surface area contributed by atoms with Crippen molar-refractivity contribution in [3.8, 4) is 6.07 Å². The number of aliphatic imine (C=N–C) groups is 1. The third-order valence-electron chi connectivity index (χ3n) is 3.18. The number of benzene rings is 1. The van der Waals surface area contributed by atoms with E-state index in [1.54, 1.807) is 12.3 Å². The van der Waals surface area contributed by atoms with Gasteiger partial charge in [0.25, 0.3) is 0 Å². The zero-order chi connectivity index (χ0) is 15.8. The van der Waals surface area contributed by atoms with Gasteiger partial charge in [-0.15, -0.1) is 24.0 Å². The van der Waals surface area contributed by atoms with Gasteiger partial charge in [-0.05, 0) is 30.7 Å². The fourth-order valence-corrected chi connectivity index (χ4v) is 2.00. The smallest absolute Gasteiger partial charge is 0.191 e. The van der Waals surface area contributed by atoms with Crippen LogP contribution in [0.4, 0.5) is 0 Å². The van der Waals surface area contributed by atoms with Crippen LogP contribution < -0.4 is 10.6 Å². The summed E-state index contributed by atoms with van der Waals surface area (Å²) in [5.74, 6) is 0.742. The molecule has 0 unspecified atom stereocenters. The summed E-state index contributed by atoms with van der Waals surface area (Å²) in [5, 5.41) is 19.5. The molecule has 0 saturated heterocycles. The number of hydrogen-bond donors (Lipinski definition) is 2. The summed E-state index contributed by atoms with van der Waals surface area (Å²) in [6.07, 6.45) is 1.77. The van der Waals surface area contributed by atoms with Crippen LogP contribution in [-0.4, -0.2) is 22.3 Å². The molecular weight excluding hydrogens is 403 g/mol. The van der Waals surface area contributed by atoms with E-state index in [0.29, 0.717) is 18.7 Å². The Morgan fingerprint density at radius 3 is 2.83 bits per heavy atom. The van der Waals surface area contributed by atoms with Gasteiger partial charge >= 0.3 is 0 Å². The van der Waals surface area contributed by atoms with Gasteiger partial charge in [0.05, 0.1) is 30.4 Å². The van der Waals surface area contributed by atoms with Crippen molar-refractivity contribution >= 4 is 29.9 Å². The fourth-order valence-electron chi connectivity index (χ4n) is 2.00. The molecule has 2 aromatic rings. The molecule has 0 fully saturated rings. The minimum absolute atomic E-state index is 0. The summed E-state index contributed by atoms with van der Waals surface area (Å²) in [5.41, 5.74) is 2.74. The summed E-state index contributed by atoms with van der Waals surface area (Å²) in [4.78, 5) is 4.54. The van der Waals surface area contributed by atoms with Crippen molar-refractivity contribution < 1.29 is 0 Å². The van der Waals surface area contributed by atoms with E-state index in [9.17, 15) is 0 Å². The summed E-state index contributed by atoms with van der Waals surface area (Å²) >= 11 is 0. The molecule has 1 heterocycles. The minimum atomic E-state index is 0. The molecular formula is C16H21IN6. The Morgan fingerprint density at radius 2 is 2.17 bits per heavy atom. The molecule has 0 atom stereocenters. The molecule has 0 aliphatic heterocycles. The van der Waals surface area contributed by atoms with Gasteiger partial charge in [-0.25, -0.2) is 4.99 Å². The largest absolute Gasteiger partial charge is 0.357 e. The number of nitrogens with one attached hydrogen (secondary N) is 2. The van der Waals surface area contributed by atoms with Crippen LogP contribution in [0.1, 0.15) is 23.7 Å². The van der Waals surface area contributed by atoms with Crippen LogP contribution in [0.5, 0.6) is 0 Å². The van der Waals surface area contributed by atoms with Crippen molar-refractivity contribution in [3.05, 3.63) is 53.3 Å². The number of rotatable bonds is 5. The van der Waals surface area contributed by atoms with E-state index in [4.69, 9.17) is 5.26 Å². The maximum Gasteiger partial charge on any atom is 0.191 e. The van der Waals surface area contributed by atoms with E-state index in [2.05, 4.69) is 26.8 Å². The molecule has 23 heavy (non-hydrogen) atoms. The Hall–Kier alpha value is -2.08. The Balaban J connectivity index is 0.00000264. The number of nitriles is 1. The van der Waals surface area contributed by atoms with E-state index < -0.39 is 0 Å². The lowest BCUT2D eigenvalue weighted by Crippen LogP contribution is -2.37. The maximum absolute atomic E-state index is 8.92. The maximum atomic E-state index is 8.92. The Labute approximate surface area is 153 Å². The highest BCUT2D eigenvalue weighted by molar-refractivity contribution is 14.0. The van der Waals surface area contributed by atoms with E-state index in [0.717, 1.165) is 23.8 Å². The third-order valence-corrected chi connectivity index (χ3v) is 3.18. The standard InChI is InChI=1S/C16H20N6.HI/c1-3-18-16(20-12-15-7-8-21-22(15)2)19-11-14-6-4-5-13(9-14)10-17;/h4-9H,3,11-12H2,1-2H3,(H2,18,19,20);1H. The van der Waals surface area contributed by atoms with E-state index in [1.807, 2.05) is 42.9 Å². The lowest BCUT2D eigenvalue weighted by atomic mass is 10.1. The Morgan fingerprint density at radius 1 is 1.35 bits per heavy atom. The topological polar surface area (TPSA) is 78.0 Å². The predicted molar refractivity (Wildman–Crippen MR) is 101 cm³/mol. The number of nitrogens with zero attached hydrogens (tertiary/aromatic N) is 4. The van der Waals surface area contributed by atoms with E-state index in [1.165, 1.54) is 0 Å². The Bertz CT molecular complexity index is 686. The van der Waals surface area contributed by atoms with Crippen LogP contribution in [0.3, 0.4) is 0 Å². The second-order valence-corrected chi connectivity index (χ2v) is 4.81. The molecule has 0 amide bonds. The number of aryl methyl sites for hydroxylation is 1. The van der Waals surface area contributed by atoms with Crippen molar-refractivity contribution in [2.75, 3.05) is 6.54 Å². The number of guanidine groups is 1. The van der Waals surface area contributed by atoms with E-state index in [-0.39, 0.29) is 24.0 Å². The monoisotopic (exact) mass is 424 g/mol. The molecule has 6 nitrogen and oxygen atoms in total. The molecule has 2 N–H and O–H groups in total. The molecule has 2 rings (SSSR count). The lowest BCUT2D eigenvalue weighted by molar-refractivity contribution is 0.685. The molecule has 7 heteroatoms. The lowest BCUT2D eigenvalue weighted by Gasteiger charge is -2.11. The van der Waals surface area contributed by atoms with Gasteiger partial charge in [-0.3, -0.25) is 4.68 Å². The fraction of sp³-hybridized carbons (Fsp3) is 0.312. The van der Waals surface area contributed by atoms with Crippen LogP contribution in [0.15, 0.2) is 41.5 Å². The van der Waals surface area contributed by atoms with Crippen LogP contribution in [0.25, 0.3) is 0 Å². The summed E-state index contributed by atoms with van der Waals surface area (Å²) in [6.45, 7) is 3.99. The molecule has 0 aliphatic carbocycles. The molecule has 0 bridgehead atoms. The zero-order valence-electron chi connectivity index (χ0n) is 13.3. The Kier molecular flexibility index (Phi) is 8.11. The van der Waals surface area contributed by atoms with Crippen molar-refractivity contribution in [1.82, 2.24) is 20.4 Å². The predicted octanol–water partition coefficient (Wildman–Crippen LogP) is 2.17. The normalized spacial score (nSPS) is 10.6. The van der Waals surface area contributed by atoms with Gasteiger partial charge in [-0.1, -0.05) is 12.1 Å². The third kappa shape index (κ3) is 5.90. The minimum Gasteiger partial charge on any atom is -0.357 e. The quantitative estimate of drug-likeness (QED) is 0.438. The van der Waals surface area contributed by atoms with Gasteiger partial charge in [-0.2, -0.15) is 10.4 Å². The second kappa shape index (κ2) is 9.84. The highest BCUT2D eigenvalue weighted by atomic mass is 127. The first kappa shape index (κ1) is 19.0.